The standard InChI is InChI=1S/C17H22N2/c1-3-4-13-5-7-14(8-6-13)12(2)16-10-9-15(18)11-17(16)19/h5-12H,3-4,18-19H2,1-2H3. The van der Waals surface area contributed by atoms with Gasteiger partial charge in [-0.1, -0.05) is 50.6 Å². The van der Waals surface area contributed by atoms with Gasteiger partial charge in [-0.25, -0.2) is 0 Å². The molecule has 0 aliphatic rings. The van der Waals surface area contributed by atoms with Crippen molar-refractivity contribution in [3.8, 4) is 0 Å². The third-order valence-corrected chi connectivity index (χ3v) is 3.60. The Morgan fingerprint density at radius 3 is 2.26 bits per heavy atom. The number of nitrogens with two attached hydrogens (primary N) is 2. The lowest BCUT2D eigenvalue weighted by Crippen LogP contribution is -2.02. The number of nitrogen functional groups attached to an aromatic ring is 2. The van der Waals surface area contributed by atoms with Gasteiger partial charge in [0.2, 0.25) is 0 Å². The molecule has 0 aromatic heterocycles. The highest BCUT2D eigenvalue weighted by molar-refractivity contribution is 5.59. The third kappa shape index (κ3) is 3.08. The van der Waals surface area contributed by atoms with Gasteiger partial charge in [0.05, 0.1) is 0 Å². The molecule has 1 atom stereocenters. The van der Waals surface area contributed by atoms with E-state index in [9.17, 15) is 0 Å². The Kier molecular flexibility index (Phi) is 4.10. The van der Waals surface area contributed by atoms with Crippen molar-refractivity contribution >= 4 is 11.4 Å². The Hall–Kier alpha value is -1.96. The van der Waals surface area contributed by atoms with Gasteiger partial charge in [0, 0.05) is 17.3 Å². The molecule has 0 radical (unpaired) electrons. The maximum absolute atomic E-state index is 6.06. The van der Waals surface area contributed by atoms with Crippen molar-refractivity contribution < 1.29 is 0 Å². The summed E-state index contributed by atoms with van der Waals surface area (Å²) < 4.78 is 0. The first-order valence-electron chi connectivity index (χ1n) is 6.85. The van der Waals surface area contributed by atoms with Crippen molar-refractivity contribution in [2.75, 3.05) is 11.5 Å². The summed E-state index contributed by atoms with van der Waals surface area (Å²) in [6.07, 6.45) is 2.32. The van der Waals surface area contributed by atoms with Crippen LogP contribution < -0.4 is 11.5 Å². The molecular formula is C17H22N2. The number of anilines is 2. The molecule has 0 aliphatic heterocycles. The van der Waals surface area contributed by atoms with E-state index in [1.165, 1.54) is 17.5 Å². The largest absolute Gasteiger partial charge is 0.399 e. The maximum Gasteiger partial charge on any atom is 0.0373 e. The molecular weight excluding hydrogens is 232 g/mol. The highest BCUT2D eigenvalue weighted by Gasteiger charge is 2.11. The van der Waals surface area contributed by atoms with Gasteiger partial charge in [0.1, 0.15) is 0 Å². The van der Waals surface area contributed by atoms with Crippen LogP contribution in [-0.4, -0.2) is 0 Å². The van der Waals surface area contributed by atoms with Crippen LogP contribution in [0.2, 0.25) is 0 Å². The van der Waals surface area contributed by atoms with Crippen molar-refractivity contribution in [2.45, 2.75) is 32.6 Å². The molecule has 19 heavy (non-hydrogen) atoms. The lowest BCUT2D eigenvalue weighted by atomic mass is 9.91. The lowest BCUT2D eigenvalue weighted by Gasteiger charge is -2.16. The van der Waals surface area contributed by atoms with Crippen molar-refractivity contribution in [3.63, 3.8) is 0 Å². The minimum absolute atomic E-state index is 0.288. The van der Waals surface area contributed by atoms with E-state index in [1.807, 2.05) is 18.2 Å². The van der Waals surface area contributed by atoms with Crippen LogP contribution in [0, 0.1) is 0 Å². The van der Waals surface area contributed by atoms with Crippen molar-refractivity contribution in [3.05, 3.63) is 59.2 Å². The highest BCUT2D eigenvalue weighted by Crippen LogP contribution is 2.29. The summed E-state index contributed by atoms with van der Waals surface area (Å²) in [5, 5.41) is 0. The molecule has 0 bridgehead atoms. The van der Waals surface area contributed by atoms with E-state index < -0.39 is 0 Å². The van der Waals surface area contributed by atoms with Crippen LogP contribution in [0.3, 0.4) is 0 Å². The van der Waals surface area contributed by atoms with E-state index in [-0.39, 0.29) is 5.92 Å². The van der Waals surface area contributed by atoms with Gasteiger partial charge in [-0.3, -0.25) is 0 Å². The monoisotopic (exact) mass is 254 g/mol. The van der Waals surface area contributed by atoms with Crippen LogP contribution in [0.15, 0.2) is 42.5 Å². The summed E-state index contributed by atoms with van der Waals surface area (Å²) in [5.74, 6) is 0.288. The SMILES string of the molecule is CCCc1ccc(C(C)c2ccc(N)cc2N)cc1. The Balaban J connectivity index is 2.25. The van der Waals surface area contributed by atoms with E-state index in [4.69, 9.17) is 11.5 Å². The number of hydrogen-bond donors (Lipinski definition) is 2. The second kappa shape index (κ2) is 5.79. The zero-order chi connectivity index (χ0) is 13.8. The second-order valence-electron chi connectivity index (χ2n) is 5.10. The smallest absolute Gasteiger partial charge is 0.0373 e. The Morgan fingerprint density at radius 2 is 1.68 bits per heavy atom. The predicted octanol–water partition coefficient (Wildman–Crippen LogP) is 3.96. The molecule has 0 saturated carbocycles. The summed E-state index contributed by atoms with van der Waals surface area (Å²) in [6.45, 7) is 4.38. The minimum atomic E-state index is 0.288. The molecule has 2 rings (SSSR count). The van der Waals surface area contributed by atoms with E-state index in [0.29, 0.717) is 5.69 Å². The van der Waals surface area contributed by atoms with E-state index >= 15 is 0 Å². The predicted molar refractivity (Wildman–Crippen MR) is 83.2 cm³/mol. The summed E-state index contributed by atoms with van der Waals surface area (Å²) in [4.78, 5) is 0. The normalized spacial score (nSPS) is 12.3. The third-order valence-electron chi connectivity index (χ3n) is 3.60. The average molecular weight is 254 g/mol. The van der Waals surface area contributed by atoms with Gasteiger partial charge in [-0.15, -0.1) is 0 Å². The van der Waals surface area contributed by atoms with E-state index in [1.54, 1.807) is 0 Å². The van der Waals surface area contributed by atoms with E-state index in [2.05, 4.69) is 38.1 Å². The number of benzene rings is 2. The average Bonchev–Trinajstić information content (AvgIpc) is 2.39. The molecule has 1 unspecified atom stereocenters. The van der Waals surface area contributed by atoms with Gasteiger partial charge < -0.3 is 11.5 Å². The summed E-state index contributed by atoms with van der Waals surface area (Å²) >= 11 is 0. The van der Waals surface area contributed by atoms with Gasteiger partial charge in [-0.2, -0.15) is 0 Å². The molecule has 0 fully saturated rings. The van der Waals surface area contributed by atoms with Crippen molar-refractivity contribution in [1.29, 1.82) is 0 Å². The molecule has 0 amide bonds. The van der Waals surface area contributed by atoms with Gasteiger partial charge in [0.15, 0.2) is 0 Å². The molecule has 0 aliphatic carbocycles. The fourth-order valence-electron chi connectivity index (χ4n) is 2.43. The number of aryl methyl sites for hydroxylation is 1. The topological polar surface area (TPSA) is 52.0 Å². The molecule has 2 heteroatoms. The maximum atomic E-state index is 6.06. The number of hydrogen-bond acceptors (Lipinski definition) is 2. The first-order chi connectivity index (χ1) is 9.11. The zero-order valence-electron chi connectivity index (χ0n) is 11.7. The van der Waals surface area contributed by atoms with Crippen LogP contribution in [0.4, 0.5) is 11.4 Å². The van der Waals surface area contributed by atoms with Crippen LogP contribution in [-0.2, 0) is 6.42 Å². The molecule has 2 aromatic rings. The van der Waals surface area contributed by atoms with Crippen LogP contribution >= 0.6 is 0 Å². The van der Waals surface area contributed by atoms with Crippen LogP contribution in [0.1, 0.15) is 42.9 Å². The molecule has 2 nitrogen and oxygen atoms in total. The molecule has 0 saturated heterocycles. The highest BCUT2D eigenvalue weighted by atomic mass is 14.6. The molecule has 2 aromatic carbocycles. The minimum Gasteiger partial charge on any atom is -0.399 e. The van der Waals surface area contributed by atoms with Crippen molar-refractivity contribution in [1.82, 2.24) is 0 Å². The number of rotatable bonds is 4. The van der Waals surface area contributed by atoms with Crippen LogP contribution in [0.25, 0.3) is 0 Å². The van der Waals surface area contributed by atoms with Crippen LogP contribution in [0.5, 0.6) is 0 Å². The summed E-state index contributed by atoms with van der Waals surface area (Å²) in [5.41, 5.74) is 17.1. The Labute approximate surface area is 115 Å². The first kappa shape index (κ1) is 13.5. The van der Waals surface area contributed by atoms with Gasteiger partial charge in [0.25, 0.3) is 0 Å². The summed E-state index contributed by atoms with van der Waals surface area (Å²) in [7, 11) is 0. The fourth-order valence-corrected chi connectivity index (χ4v) is 2.43. The quantitative estimate of drug-likeness (QED) is 0.811. The molecule has 0 heterocycles. The Bertz CT molecular complexity index is 544. The first-order valence-corrected chi connectivity index (χ1v) is 6.85. The van der Waals surface area contributed by atoms with Crippen molar-refractivity contribution in [2.24, 2.45) is 0 Å². The zero-order valence-corrected chi connectivity index (χ0v) is 11.7. The van der Waals surface area contributed by atoms with Gasteiger partial charge in [-0.05, 0) is 35.2 Å². The summed E-state index contributed by atoms with van der Waals surface area (Å²) in [6, 6.07) is 14.6. The molecule has 100 valence electrons. The van der Waals surface area contributed by atoms with E-state index in [0.717, 1.165) is 17.7 Å². The molecule has 4 N–H and O–H groups in total. The fraction of sp³-hybridized carbons (Fsp3) is 0.294. The lowest BCUT2D eigenvalue weighted by molar-refractivity contribution is 0.903. The Morgan fingerprint density at radius 1 is 1.00 bits per heavy atom. The molecule has 0 spiro atoms. The van der Waals surface area contributed by atoms with Gasteiger partial charge >= 0.3 is 0 Å². The second-order valence-corrected chi connectivity index (χ2v) is 5.10.